The molecule has 0 aliphatic heterocycles. The molecular weight excluding hydrogens is 494 g/mol. The molecule has 37 heavy (non-hydrogen) atoms. The van der Waals surface area contributed by atoms with Gasteiger partial charge in [0.1, 0.15) is 5.60 Å². The Morgan fingerprint density at radius 1 is 0.946 bits per heavy atom. The van der Waals surface area contributed by atoms with Gasteiger partial charge in [0.2, 0.25) is 0 Å². The van der Waals surface area contributed by atoms with Crippen LogP contribution in [0.3, 0.4) is 0 Å². The van der Waals surface area contributed by atoms with E-state index in [2.05, 4.69) is 25.0 Å². The molecule has 2 rings (SSSR count). The number of hydrogen-bond donors (Lipinski definition) is 2. The molecule has 0 bridgehead atoms. The number of esters is 2. The van der Waals surface area contributed by atoms with Crippen molar-refractivity contribution in [2.45, 2.75) is 39.5 Å². The van der Waals surface area contributed by atoms with Crippen LogP contribution in [0.5, 0.6) is 0 Å². The molecule has 0 unspecified atom stereocenters. The quantitative estimate of drug-likeness (QED) is 0.371. The second-order valence-electron chi connectivity index (χ2n) is 8.37. The Morgan fingerprint density at radius 2 is 1.41 bits per heavy atom. The Kier molecular flexibility index (Phi) is 12.7. The summed E-state index contributed by atoms with van der Waals surface area (Å²) in [7, 11) is 2.52. The molecule has 204 valence electrons. The summed E-state index contributed by atoms with van der Waals surface area (Å²) in [6, 6.07) is 2.96. The normalized spacial score (nSPS) is 11.8. The zero-order chi connectivity index (χ0) is 28.0. The van der Waals surface area contributed by atoms with Crippen LogP contribution in [-0.2, 0) is 27.3 Å². The topological polar surface area (TPSA) is 153 Å². The van der Waals surface area contributed by atoms with Gasteiger partial charge in [-0.25, -0.2) is 23.2 Å². The van der Waals surface area contributed by atoms with Gasteiger partial charge in [0.15, 0.2) is 11.4 Å². The first-order chi connectivity index (χ1) is 17.5. The zero-order valence-electron chi connectivity index (χ0n) is 21.4. The number of nitrogens with one attached hydrogen (secondary N) is 1. The van der Waals surface area contributed by atoms with Crippen LogP contribution >= 0.6 is 0 Å². The Labute approximate surface area is 213 Å². The van der Waals surface area contributed by atoms with Crippen molar-refractivity contribution in [3.63, 3.8) is 0 Å². The Bertz CT molecular complexity index is 1100. The number of alkyl carbamates (subject to hydrolysis) is 1. The fourth-order valence-electron chi connectivity index (χ4n) is 2.51. The SMILES string of the molecule is COC(=O)c1ccn(C/C(=C/F)CN)n1.COC(=O)c1ccn(C/C(=C/F)CNC(=O)OC(C)(C)C)n1. The van der Waals surface area contributed by atoms with Gasteiger partial charge in [0.05, 0.1) is 40.0 Å². The van der Waals surface area contributed by atoms with E-state index in [1.807, 2.05) is 0 Å². The molecule has 0 saturated heterocycles. The number of carbonyl (C=O) groups excluding carboxylic acids is 3. The lowest BCUT2D eigenvalue weighted by molar-refractivity contribution is 0.0529. The van der Waals surface area contributed by atoms with Gasteiger partial charge in [0.25, 0.3) is 0 Å². The molecule has 2 heterocycles. The molecule has 14 heteroatoms. The minimum absolute atomic E-state index is 0.0289. The van der Waals surface area contributed by atoms with Crippen molar-refractivity contribution >= 4 is 18.0 Å². The molecule has 3 N–H and O–H groups in total. The van der Waals surface area contributed by atoms with Gasteiger partial charge in [-0.3, -0.25) is 9.36 Å². The second kappa shape index (κ2) is 15.1. The van der Waals surface area contributed by atoms with Crippen molar-refractivity contribution in [3.8, 4) is 0 Å². The first-order valence-corrected chi connectivity index (χ1v) is 10.9. The number of nitrogens with zero attached hydrogens (tertiary/aromatic N) is 4. The van der Waals surface area contributed by atoms with Crippen LogP contribution in [0.4, 0.5) is 13.6 Å². The van der Waals surface area contributed by atoms with Crippen LogP contribution in [0.1, 0.15) is 41.7 Å². The fourth-order valence-corrected chi connectivity index (χ4v) is 2.51. The van der Waals surface area contributed by atoms with E-state index in [1.54, 1.807) is 27.0 Å². The molecule has 0 atom stereocenters. The summed E-state index contributed by atoms with van der Waals surface area (Å²) < 4.78 is 41.9. The smallest absolute Gasteiger partial charge is 0.407 e. The highest BCUT2D eigenvalue weighted by atomic mass is 19.1. The highest BCUT2D eigenvalue weighted by Gasteiger charge is 2.16. The van der Waals surface area contributed by atoms with Gasteiger partial charge in [0, 0.05) is 25.5 Å². The van der Waals surface area contributed by atoms with Gasteiger partial charge in [-0.1, -0.05) is 0 Å². The predicted molar refractivity (Wildman–Crippen MR) is 129 cm³/mol. The average Bonchev–Trinajstić information content (AvgIpc) is 3.53. The van der Waals surface area contributed by atoms with E-state index in [9.17, 15) is 23.2 Å². The maximum absolute atomic E-state index is 12.9. The number of methoxy groups -OCH3 is 2. The molecule has 1 amide bonds. The Morgan fingerprint density at radius 3 is 1.78 bits per heavy atom. The van der Waals surface area contributed by atoms with E-state index in [0.29, 0.717) is 18.2 Å². The second-order valence-corrected chi connectivity index (χ2v) is 8.37. The van der Waals surface area contributed by atoms with Crippen molar-refractivity contribution < 1.29 is 37.4 Å². The molecule has 0 fully saturated rings. The van der Waals surface area contributed by atoms with Gasteiger partial charge < -0.3 is 25.3 Å². The number of hydrogen-bond acceptors (Lipinski definition) is 9. The first-order valence-electron chi connectivity index (χ1n) is 10.9. The number of carbonyl (C=O) groups is 3. The number of aromatic nitrogens is 4. The number of amides is 1. The summed E-state index contributed by atoms with van der Waals surface area (Å²) in [5, 5.41) is 10.3. The van der Waals surface area contributed by atoms with Crippen molar-refractivity contribution in [2.24, 2.45) is 5.73 Å². The van der Waals surface area contributed by atoms with Crippen molar-refractivity contribution in [2.75, 3.05) is 27.3 Å². The molecule has 0 aliphatic carbocycles. The minimum atomic E-state index is -0.637. The van der Waals surface area contributed by atoms with E-state index in [1.165, 1.54) is 41.9 Å². The maximum Gasteiger partial charge on any atom is 0.407 e. The Hall–Kier alpha value is -4.07. The zero-order valence-corrected chi connectivity index (χ0v) is 21.4. The van der Waals surface area contributed by atoms with Crippen molar-refractivity contribution in [3.05, 3.63) is 59.7 Å². The van der Waals surface area contributed by atoms with Gasteiger partial charge >= 0.3 is 18.0 Å². The lowest BCUT2D eigenvalue weighted by Crippen LogP contribution is -2.34. The van der Waals surface area contributed by atoms with Gasteiger partial charge in [-0.15, -0.1) is 0 Å². The van der Waals surface area contributed by atoms with E-state index < -0.39 is 23.6 Å². The predicted octanol–water partition coefficient (Wildman–Crippen LogP) is 2.53. The molecule has 0 radical (unpaired) electrons. The van der Waals surface area contributed by atoms with E-state index in [-0.39, 0.29) is 43.1 Å². The number of halogens is 2. The highest BCUT2D eigenvalue weighted by molar-refractivity contribution is 5.87. The summed E-state index contributed by atoms with van der Waals surface area (Å²) in [5.41, 5.74) is 5.64. The highest BCUT2D eigenvalue weighted by Crippen LogP contribution is 2.07. The number of nitrogens with two attached hydrogens (primary N) is 1. The maximum atomic E-state index is 12.9. The third kappa shape index (κ3) is 11.5. The minimum Gasteiger partial charge on any atom is -0.464 e. The molecule has 0 spiro atoms. The molecule has 2 aromatic heterocycles. The molecule has 2 aromatic rings. The van der Waals surface area contributed by atoms with Gasteiger partial charge in [-0.05, 0) is 44.1 Å². The molecule has 12 nitrogen and oxygen atoms in total. The monoisotopic (exact) mass is 526 g/mol. The molecule has 0 aliphatic rings. The first kappa shape index (κ1) is 31.0. The van der Waals surface area contributed by atoms with E-state index in [0.717, 1.165) is 0 Å². The summed E-state index contributed by atoms with van der Waals surface area (Å²) in [6.45, 7) is 5.60. The largest absolute Gasteiger partial charge is 0.464 e. The van der Waals surface area contributed by atoms with Crippen LogP contribution in [0, 0.1) is 0 Å². The van der Waals surface area contributed by atoms with Crippen LogP contribution < -0.4 is 11.1 Å². The standard InChI is InChI=1S/C14H20FN3O4.C9H12FN3O2/c1-14(2,3)22-13(20)16-8-10(7-15)9-18-6-5-11(17-18)12(19)21-4;1-15-9(14)8-2-3-13(12-8)6-7(4-10)5-11/h5-7H,8-9H2,1-4H3,(H,16,20);2-4H,5-6,11H2,1H3/b10-7+;7-4+. The van der Waals surface area contributed by atoms with E-state index in [4.69, 9.17) is 10.5 Å². The molecular formula is C23H32F2N6O6. The summed E-state index contributed by atoms with van der Waals surface area (Å²) >= 11 is 0. The summed E-state index contributed by atoms with van der Waals surface area (Å²) in [5.74, 6) is -1.09. The average molecular weight is 527 g/mol. The van der Waals surface area contributed by atoms with Crippen LogP contribution in [0.25, 0.3) is 0 Å². The lowest BCUT2D eigenvalue weighted by atomic mass is 10.2. The Balaban J connectivity index is 0.000000397. The van der Waals surface area contributed by atoms with Gasteiger partial charge in [-0.2, -0.15) is 10.2 Å². The fraction of sp³-hybridized carbons (Fsp3) is 0.435. The van der Waals surface area contributed by atoms with E-state index >= 15 is 0 Å². The third-order valence-electron chi connectivity index (χ3n) is 4.23. The van der Waals surface area contributed by atoms with Crippen molar-refractivity contribution in [1.29, 1.82) is 0 Å². The lowest BCUT2D eigenvalue weighted by Gasteiger charge is -2.20. The molecule has 0 aromatic carbocycles. The van der Waals surface area contributed by atoms with Crippen LogP contribution in [0.2, 0.25) is 0 Å². The summed E-state index contributed by atoms with van der Waals surface area (Å²) in [4.78, 5) is 33.8. The molecule has 0 saturated carbocycles. The summed E-state index contributed by atoms with van der Waals surface area (Å²) in [6.07, 6.45) is 3.27. The van der Waals surface area contributed by atoms with Crippen LogP contribution in [-0.4, -0.2) is 70.5 Å². The number of rotatable bonds is 9. The third-order valence-corrected chi connectivity index (χ3v) is 4.23. The van der Waals surface area contributed by atoms with Crippen LogP contribution in [0.15, 0.2) is 48.3 Å². The number of ether oxygens (including phenoxy) is 3. The van der Waals surface area contributed by atoms with Crippen molar-refractivity contribution in [1.82, 2.24) is 24.9 Å².